The zero-order valence-electron chi connectivity index (χ0n) is 18.6. The normalized spacial score (nSPS) is 28.1. The first kappa shape index (κ1) is 21.4. The summed E-state index contributed by atoms with van der Waals surface area (Å²) in [5.74, 6) is -0.706. The summed E-state index contributed by atoms with van der Waals surface area (Å²) in [5.41, 5.74) is 0.335. The minimum atomic E-state index is -0.675. The second kappa shape index (κ2) is 7.69. The van der Waals surface area contributed by atoms with Crippen LogP contribution in [-0.2, 0) is 21.4 Å². The first-order chi connectivity index (χ1) is 14.5. The van der Waals surface area contributed by atoms with Crippen molar-refractivity contribution in [2.45, 2.75) is 64.2 Å². The molecular formula is C22H31N5O4. The van der Waals surface area contributed by atoms with Crippen LogP contribution in [0.3, 0.4) is 0 Å². The number of aryl methyl sites for hydroxylation is 1. The van der Waals surface area contributed by atoms with Gasteiger partial charge in [0.25, 0.3) is 5.91 Å². The van der Waals surface area contributed by atoms with Crippen LogP contribution in [0.4, 0.5) is 0 Å². The van der Waals surface area contributed by atoms with E-state index in [2.05, 4.69) is 10.6 Å². The molecule has 0 unspecified atom stereocenters. The van der Waals surface area contributed by atoms with E-state index < -0.39 is 12.1 Å². The van der Waals surface area contributed by atoms with Gasteiger partial charge in [-0.1, -0.05) is 20.8 Å². The van der Waals surface area contributed by atoms with Crippen LogP contribution in [0.15, 0.2) is 18.3 Å². The fourth-order valence-electron chi connectivity index (χ4n) is 4.92. The molecule has 4 amide bonds. The number of nitrogens with one attached hydrogen (secondary N) is 2. The van der Waals surface area contributed by atoms with Gasteiger partial charge in [0.05, 0.1) is 6.04 Å². The van der Waals surface area contributed by atoms with Crippen molar-refractivity contribution in [3.63, 3.8) is 0 Å². The minimum Gasteiger partial charge on any atom is -0.349 e. The molecule has 0 spiro atoms. The number of carbonyl (C=O) groups is 4. The van der Waals surface area contributed by atoms with Crippen molar-refractivity contribution in [2.24, 2.45) is 12.5 Å². The molecule has 1 aromatic heterocycles. The van der Waals surface area contributed by atoms with Crippen LogP contribution in [0.25, 0.3) is 0 Å². The topological polar surface area (TPSA) is 104 Å². The van der Waals surface area contributed by atoms with Gasteiger partial charge >= 0.3 is 0 Å². The summed E-state index contributed by atoms with van der Waals surface area (Å²) < 4.78 is 1.72. The molecule has 3 saturated heterocycles. The van der Waals surface area contributed by atoms with Gasteiger partial charge in [0.1, 0.15) is 17.8 Å². The molecule has 3 aliphatic heterocycles. The third-order valence-electron chi connectivity index (χ3n) is 6.38. The Balaban J connectivity index is 1.50. The van der Waals surface area contributed by atoms with Crippen molar-refractivity contribution in [2.75, 3.05) is 13.1 Å². The van der Waals surface area contributed by atoms with E-state index in [4.69, 9.17) is 0 Å². The molecule has 3 fully saturated rings. The molecular weight excluding hydrogens is 398 g/mol. The van der Waals surface area contributed by atoms with Gasteiger partial charge < -0.3 is 25.0 Å². The summed E-state index contributed by atoms with van der Waals surface area (Å²) in [5, 5.41) is 5.94. The Morgan fingerprint density at radius 1 is 1.26 bits per heavy atom. The van der Waals surface area contributed by atoms with Crippen molar-refractivity contribution in [1.29, 1.82) is 0 Å². The second-order valence-electron chi connectivity index (χ2n) is 10.1. The number of nitrogens with zero attached hydrogens (tertiary/aromatic N) is 3. The largest absolute Gasteiger partial charge is 0.349 e. The van der Waals surface area contributed by atoms with Crippen molar-refractivity contribution < 1.29 is 19.2 Å². The number of hydrogen-bond acceptors (Lipinski definition) is 4. The van der Waals surface area contributed by atoms with Gasteiger partial charge in [0.15, 0.2) is 0 Å². The van der Waals surface area contributed by atoms with Crippen LogP contribution >= 0.6 is 0 Å². The van der Waals surface area contributed by atoms with Crippen molar-refractivity contribution in [1.82, 2.24) is 25.0 Å². The van der Waals surface area contributed by atoms with Gasteiger partial charge in [-0.05, 0) is 30.4 Å². The lowest BCUT2D eigenvalue weighted by Crippen LogP contribution is -2.53. The maximum Gasteiger partial charge on any atom is 0.268 e. The number of likely N-dealkylation sites (tertiary alicyclic amines) is 1. The Morgan fingerprint density at radius 3 is 2.65 bits per heavy atom. The number of aromatic nitrogens is 1. The molecule has 4 atom stereocenters. The zero-order valence-corrected chi connectivity index (χ0v) is 18.6. The van der Waals surface area contributed by atoms with E-state index in [0.29, 0.717) is 31.5 Å². The molecule has 2 N–H and O–H groups in total. The minimum absolute atomic E-state index is 0.0613. The molecule has 0 aromatic carbocycles. The molecule has 9 heteroatoms. The van der Waals surface area contributed by atoms with Gasteiger partial charge in [0.2, 0.25) is 17.7 Å². The van der Waals surface area contributed by atoms with Gasteiger partial charge in [-0.2, -0.15) is 0 Å². The Morgan fingerprint density at radius 2 is 2.00 bits per heavy atom. The highest BCUT2D eigenvalue weighted by atomic mass is 16.2. The third kappa shape index (κ3) is 4.05. The molecule has 9 nitrogen and oxygen atoms in total. The lowest BCUT2D eigenvalue weighted by Gasteiger charge is -2.31. The van der Waals surface area contributed by atoms with Crippen LogP contribution in [-0.4, -0.2) is 75.3 Å². The van der Waals surface area contributed by atoms with Crippen LogP contribution < -0.4 is 10.6 Å². The first-order valence-electron chi connectivity index (χ1n) is 10.9. The first-order valence-corrected chi connectivity index (χ1v) is 10.9. The Kier molecular flexibility index (Phi) is 5.31. The number of carbonyl (C=O) groups excluding carboxylic acids is 4. The molecule has 4 rings (SSSR count). The Bertz CT molecular complexity index is 917. The SMILES string of the molecule is Cn1cccc1C(=O)N[C@H]1C[C@@H]2C(=O)N[C@@H]3CCN(C(=O)CC(C)(C)C)[C@@H]3C(=O)N2C1. The molecule has 0 radical (unpaired) electrons. The summed E-state index contributed by atoms with van der Waals surface area (Å²) >= 11 is 0. The molecule has 4 heterocycles. The fraction of sp³-hybridized carbons (Fsp3) is 0.636. The highest BCUT2D eigenvalue weighted by molar-refractivity contribution is 5.97. The lowest BCUT2D eigenvalue weighted by molar-refractivity contribution is -0.145. The highest BCUT2D eigenvalue weighted by Gasteiger charge is 2.52. The maximum atomic E-state index is 13.5. The third-order valence-corrected chi connectivity index (χ3v) is 6.38. The predicted octanol–water partition coefficient (Wildman–Crippen LogP) is 0.260. The van der Waals surface area contributed by atoms with Crippen LogP contribution in [0, 0.1) is 5.41 Å². The molecule has 0 saturated carbocycles. The Hall–Kier alpha value is -2.84. The number of fused-ring (bicyclic) bond motifs is 2. The smallest absolute Gasteiger partial charge is 0.268 e. The molecule has 3 aliphatic rings. The Labute approximate surface area is 182 Å². The second-order valence-corrected chi connectivity index (χ2v) is 10.1. The van der Waals surface area contributed by atoms with Crippen LogP contribution in [0.5, 0.6) is 0 Å². The van der Waals surface area contributed by atoms with Gasteiger partial charge in [-0.3, -0.25) is 19.2 Å². The van der Waals surface area contributed by atoms with Crippen molar-refractivity contribution in [3.05, 3.63) is 24.0 Å². The quantitative estimate of drug-likeness (QED) is 0.719. The number of hydrogen-bond donors (Lipinski definition) is 2. The number of amides is 4. The van der Waals surface area contributed by atoms with Crippen LogP contribution in [0.2, 0.25) is 0 Å². The predicted molar refractivity (Wildman–Crippen MR) is 113 cm³/mol. The zero-order chi connectivity index (χ0) is 22.5. The van der Waals surface area contributed by atoms with Gasteiger partial charge in [-0.25, -0.2) is 0 Å². The summed E-state index contributed by atoms with van der Waals surface area (Å²) in [6.07, 6.45) is 3.07. The van der Waals surface area contributed by atoms with E-state index in [-0.39, 0.29) is 47.7 Å². The highest BCUT2D eigenvalue weighted by Crippen LogP contribution is 2.31. The summed E-state index contributed by atoms with van der Waals surface area (Å²) in [6, 6.07) is 1.53. The van der Waals surface area contributed by atoms with E-state index in [0.717, 1.165) is 0 Å². The van der Waals surface area contributed by atoms with E-state index in [1.807, 2.05) is 20.8 Å². The monoisotopic (exact) mass is 429 g/mol. The fourth-order valence-corrected chi connectivity index (χ4v) is 4.92. The maximum absolute atomic E-state index is 13.5. The molecule has 1 aromatic rings. The van der Waals surface area contributed by atoms with Crippen molar-refractivity contribution >= 4 is 23.6 Å². The van der Waals surface area contributed by atoms with E-state index in [1.165, 1.54) is 0 Å². The standard InChI is InChI=1S/C22H31N5O4/c1-22(2,3)11-17(28)26-9-7-14-18(26)21(31)27-12-13(10-16(27)20(30)24-14)23-19(29)15-6-5-8-25(15)4/h5-6,8,13-14,16,18H,7,9-12H2,1-4H3,(H,23,29)(H,24,30)/t13-,14+,16+,18-/m0/s1. The average Bonchev–Trinajstić information content (AvgIpc) is 3.36. The van der Waals surface area contributed by atoms with E-state index in [9.17, 15) is 19.2 Å². The summed E-state index contributed by atoms with van der Waals surface area (Å²) in [4.78, 5) is 55.0. The molecule has 0 bridgehead atoms. The van der Waals surface area contributed by atoms with Gasteiger partial charge in [0, 0.05) is 38.8 Å². The van der Waals surface area contributed by atoms with E-state index in [1.54, 1.807) is 39.7 Å². The van der Waals surface area contributed by atoms with Gasteiger partial charge in [-0.15, -0.1) is 0 Å². The molecule has 0 aliphatic carbocycles. The summed E-state index contributed by atoms with van der Waals surface area (Å²) in [6.45, 7) is 6.70. The van der Waals surface area contributed by atoms with Crippen molar-refractivity contribution in [3.8, 4) is 0 Å². The number of rotatable bonds is 3. The molecule has 31 heavy (non-hydrogen) atoms. The average molecular weight is 430 g/mol. The summed E-state index contributed by atoms with van der Waals surface area (Å²) in [7, 11) is 1.79. The molecule has 168 valence electrons. The lowest BCUT2D eigenvalue weighted by atomic mass is 9.91. The van der Waals surface area contributed by atoms with E-state index >= 15 is 0 Å². The van der Waals surface area contributed by atoms with Crippen LogP contribution in [0.1, 0.15) is 50.5 Å².